The van der Waals surface area contributed by atoms with Crippen molar-refractivity contribution in [3.8, 4) is 0 Å². The standard InChI is InChI=1S/C13H17N3OS/c1-9(2)12(14)13-15-11(16-17-13)8-18-10-6-4-3-5-7-10/h3-7,9,12H,8,14H2,1-2H3/t12-/m0/s1. The minimum atomic E-state index is -0.187. The minimum absolute atomic E-state index is 0.187. The van der Waals surface area contributed by atoms with Crippen molar-refractivity contribution in [2.24, 2.45) is 11.7 Å². The molecule has 0 amide bonds. The Morgan fingerprint density at radius 1 is 1.28 bits per heavy atom. The normalized spacial score (nSPS) is 12.9. The van der Waals surface area contributed by atoms with Crippen molar-refractivity contribution < 1.29 is 4.52 Å². The Balaban J connectivity index is 1.95. The van der Waals surface area contributed by atoms with Gasteiger partial charge >= 0.3 is 0 Å². The van der Waals surface area contributed by atoms with Crippen molar-refractivity contribution in [1.82, 2.24) is 10.1 Å². The van der Waals surface area contributed by atoms with E-state index in [1.54, 1.807) is 11.8 Å². The van der Waals surface area contributed by atoms with Crippen LogP contribution in [-0.4, -0.2) is 10.1 Å². The summed E-state index contributed by atoms with van der Waals surface area (Å²) in [6, 6.07) is 9.96. The van der Waals surface area contributed by atoms with Crippen molar-refractivity contribution >= 4 is 11.8 Å². The lowest BCUT2D eigenvalue weighted by atomic mass is 10.1. The van der Waals surface area contributed by atoms with Gasteiger partial charge in [-0.1, -0.05) is 37.2 Å². The SMILES string of the molecule is CC(C)[C@H](N)c1nc(CSc2ccccc2)no1. The molecule has 1 aromatic heterocycles. The van der Waals surface area contributed by atoms with Gasteiger partial charge in [0.05, 0.1) is 11.8 Å². The van der Waals surface area contributed by atoms with E-state index >= 15 is 0 Å². The van der Waals surface area contributed by atoms with Crippen LogP contribution in [0.25, 0.3) is 0 Å². The Kier molecular flexibility index (Phi) is 4.38. The van der Waals surface area contributed by atoms with Gasteiger partial charge in [-0.2, -0.15) is 4.98 Å². The van der Waals surface area contributed by atoms with Gasteiger partial charge in [-0.3, -0.25) is 0 Å². The van der Waals surface area contributed by atoms with E-state index < -0.39 is 0 Å². The summed E-state index contributed by atoms with van der Waals surface area (Å²) in [5.74, 6) is 2.20. The van der Waals surface area contributed by atoms with Crippen molar-refractivity contribution in [1.29, 1.82) is 0 Å². The number of benzene rings is 1. The van der Waals surface area contributed by atoms with Crippen LogP contribution < -0.4 is 5.73 Å². The van der Waals surface area contributed by atoms with Gasteiger partial charge in [-0.25, -0.2) is 0 Å². The lowest BCUT2D eigenvalue weighted by molar-refractivity contribution is 0.323. The summed E-state index contributed by atoms with van der Waals surface area (Å²) in [4.78, 5) is 5.51. The third-order valence-corrected chi connectivity index (χ3v) is 3.61. The lowest BCUT2D eigenvalue weighted by Gasteiger charge is -2.09. The number of nitrogens with zero attached hydrogens (tertiary/aromatic N) is 2. The molecule has 1 heterocycles. The van der Waals surface area contributed by atoms with Gasteiger partial charge in [0.25, 0.3) is 0 Å². The smallest absolute Gasteiger partial charge is 0.243 e. The monoisotopic (exact) mass is 263 g/mol. The molecule has 18 heavy (non-hydrogen) atoms. The molecular formula is C13H17N3OS. The average molecular weight is 263 g/mol. The van der Waals surface area contributed by atoms with E-state index in [4.69, 9.17) is 10.3 Å². The maximum absolute atomic E-state index is 5.96. The molecule has 2 N–H and O–H groups in total. The van der Waals surface area contributed by atoms with Crippen LogP contribution in [0.3, 0.4) is 0 Å². The largest absolute Gasteiger partial charge is 0.338 e. The number of aromatic nitrogens is 2. The molecule has 5 heteroatoms. The van der Waals surface area contributed by atoms with Gasteiger partial charge in [-0.05, 0) is 18.1 Å². The number of nitrogens with two attached hydrogens (primary N) is 1. The van der Waals surface area contributed by atoms with E-state index in [1.165, 1.54) is 4.90 Å². The Bertz CT molecular complexity index is 484. The highest BCUT2D eigenvalue weighted by Crippen LogP contribution is 2.22. The molecule has 4 nitrogen and oxygen atoms in total. The molecule has 0 saturated heterocycles. The van der Waals surface area contributed by atoms with Crippen LogP contribution in [0.1, 0.15) is 31.6 Å². The topological polar surface area (TPSA) is 64.9 Å². The van der Waals surface area contributed by atoms with Gasteiger partial charge in [0.15, 0.2) is 5.82 Å². The molecule has 0 fully saturated rings. The van der Waals surface area contributed by atoms with Crippen LogP contribution in [0.2, 0.25) is 0 Å². The Morgan fingerprint density at radius 2 is 2.00 bits per heavy atom. The Labute approximate surface area is 111 Å². The first-order valence-corrected chi connectivity index (χ1v) is 6.91. The number of thioether (sulfide) groups is 1. The highest BCUT2D eigenvalue weighted by atomic mass is 32.2. The van der Waals surface area contributed by atoms with Gasteiger partial charge in [0.1, 0.15) is 0 Å². The summed E-state index contributed by atoms with van der Waals surface area (Å²) in [6.07, 6.45) is 0. The molecule has 96 valence electrons. The van der Waals surface area contributed by atoms with Crippen LogP contribution in [0.5, 0.6) is 0 Å². The second kappa shape index (κ2) is 6.02. The van der Waals surface area contributed by atoms with Gasteiger partial charge < -0.3 is 10.3 Å². The first-order chi connectivity index (χ1) is 8.66. The number of rotatable bonds is 5. The summed E-state index contributed by atoms with van der Waals surface area (Å²) in [6.45, 7) is 4.07. The van der Waals surface area contributed by atoms with Crippen LogP contribution in [-0.2, 0) is 5.75 Å². The van der Waals surface area contributed by atoms with Crippen molar-refractivity contribution in [3.63, 3.8) is 0 Å². The highest BCUT2D eigenvalue weighted by molar-refractivity contribution is 7.98. The predicted octanol–water partition coefficient (Wildman–Crippen LogP) is 3.02. The van der Waals surface area contributed by atoms with Crippen LogP contribution in [0, 0.1) is 5.92 Å². The fourth-order valence-electron chi connectivity index (χ4n) is 1.41. The molecule has 0 bridgehead atoms. The highest BCUT2D eigenvalue weighted by Gasteiger charge is 2.17. The fourth-order valence-corrected chi connectivity index (χ4v) is 2.17. The third kappa shape index (κ3) is 3.34. The van der Waals surface area contributed by atoms with E-state index in [1.807, 2.05) is 32.0 Å². The molecule has 2 aromatic rings. The summed E-state index contributed by atoms with van der Waals surface area (Å²) >= 11 is 1.68. The Hall–Kier alpha value is -1.33. The zero-order valence-corrected chi connectivity index (χ0v) is 11.4. The average Bonchev–Trinajstić information content (AvgIpc) is 2.85. The van der Waals surface area contributed by atoms with E-state index in [2.05, 4.69) is 22.3 Å². The van der Waals surface area contributed by atoms with Gasteiger partial charge in [-0.15, -0.1) is 11.8 Å². The summed E-state index contributed by atoms with van der Waals surface area (Å²) in [7, 11) is 0. The second-order valence-electron chi connectivity index (χ2n) is 4.42. The van der Waals surface area contributed by atoms with Crippen LogP contribution >= 0.6 is 11.8 Å². The molecule has 0 radical (unpaired) electrons. The second-order valence-corrected chi connectivity index (χ2v) is 5.47. The molecule has 0 aliphatic carbocycles. The molecule has 0 aliphatic rings. The third-order valence-electron chi connectivity index (χ3n) is 2.60. The Morgan fingerprint density at radius 3 is 2.67 bits per heavy atom. The molecule has 0 aliphatic heterocycles. The van der Waals surface area contributed by atoms with Crippen molar-refractivity contribution in [2.75, 3.05) is 0 Å². The summed E-state index contributed by atoms with van der Waals surface area (Å²) in [5, 5.41) is 3.95. The molecule has 1 aromatic carbocycles. The number of hydrogen-bond donors (Lipinski definition) is 1. The van der Waals surface area contributed by atoms with Gasteiger partial charge in [0.2, 0.25) is 5.89 Å². The van der Waals surface area contributed by atoms with Crippen molar-refractivity contribution in [3.05, 3.63) is 42.0 Å². The molecule has 2 rings (SSSR count). The van der Waals surface area contributed by atoms with Crippen LogP contribution in [0.4, 0.5) is 0 Å². The molecular weight excluding hydrogens is 246 g/mol. The number of hydrogen-bond acceptors (Lipinski definition) is 5. The lowest BCUT2D eigenvalue weighted by Crippen LogP contribution is -2.17. The fraction of sp³-hybridized carbons (Fsp3) is 0.385. The van der Waals surface area contributed by atoms with Gasteiger partial charge in [0, 0.05) is 4.90 Å². The zero-order valence-electron chi connectivity index (χ0n) is 10.5. The van der Waals surface area contributed by atoms with Crippen molar-refractivity contribution in [2.45, 2.75) is 30.5 Å². The first-order valence-electron chi connectivity index (χ1n) is 5.92. The maximum atomic E-state index is 5.96. The van der Waals surface area contributed by atoms with E-state index in [0.29, 0.717) is 23.4 Å². The summed E-state index contributed by atoms with van der Waals surface area (Å²) < 4.78 is 5.18. The molecule has 0 saturated carbocycles. The minimum Gasteiger partial charge on any atom is -0.338 e. The quantitative estimate of drug-likeness (QED) is 0.840. The first kappa shape index (κ1) is 13.1. The van der Waals surface area contributed by atoms with E-state index in [9.17, 15) is 0 Å². The molecule has 1 atom stereocenters. The van der Waals surface area contributed by atoms with Crippen LogP contribution in [0.15, 0.2) is 39.8 Å². The zero-order chi connectivity index (χ0) is 13.0. The molecule has 0 unspecified atom stereocenters. The van der Waals surface area contributed by atoms with E-state index in [-0.39, 0.29) is 6.04 Å². The maximum Gasteiger partial charge on any atom is 0.243 e. The summed E-state index contributed by atoms with van der Waals surface area (Å²) in [5.41, 5.74) is 5.96. The predicted molar refractivity (Wildman–Crippen MR) is 72.1 cm³/mol. The van der Waals surface area contributed by atoms with E-state index in [0.717, 1.165) is 0 Å². The molecule has 0 spiro atoms.